The van der Waals surface area contributed by atoms with Gasteiger partial charge in [-0.05, 0) is 75.2 Å². The Morgan fingerprint density at radius 3 is 2.46 bits per heavy atom. The summed E-state index contributed by atoms with van der Waals surface area (Å²) in [6.45, 7) is 3.68. The topological polar surface area (TPSA) is 118 Å². The van der Waals surface area contributed by atoms with E-state index < -0.39 is 28.3 Å². The first-order valence-corrected chi connectivity index (χ1v) is 16.1. The van der Waals surface area contributed by atoms with Crippen molar-refractivity contribution in [3.63, 3.8) is 0 Å². The number of likely N-dealkylation sites (tertiary alicyclic amines) is 1. The Balaban J connectivity index is 1.21. The number of benzene rings is 2. The van der Waals surface area contributed by atoms with E-state index in [4.69, 9.17) is 14.2 Å². The average molecular weight is 588 g/mol. The van der Waals surface area contributed by atoms with Gasteiger partial charge in [0.1, 0.15) is 11.5 Å². The molecule has 41 heavy (non-hydrogen) atoms. The van der Waals surface area contributed by atoms with Crippen LogP contribution in [0, 0.1) is 0 Å². The molecule has 5 rings (SSSR count). The fourth-order valence-corrected chi connectivity index (χ4v) is 7.54. The zero-order chi connectivity index (χ0) is 28.7. The number of para-hydroxylation sites is 1. The number of hydrogen-bond donors (Lipinski definition) is 2. The molecule has 3 fully saturated rings. The summed E-state index contributed by atoms with van der Waals surface area (Å²) >= 11 is 0. The molecule has 4 atom stereocenters. The van der Waals surface area contributed by atoms with Gasteiger partial charge >= 0.3 is 0 Å². The first-order chi connectivity index (χ1) is 19.9. The number of fused-ring (bicyclic) bond motifs is 1. The van der Waals surface area contributed by atoms with Gasteiger partial charge in [0.05, 0.1) is 48.9 Å². The monoisotopic (exact) mass is 587 g/mol. The molecule has 2 aromatic carbocycles. The molecule has 0 aliphatic carbocycles. The second-order valence-corrected chi connectivity index (χ2v) is 12.9. The van der Waals surface area contributed by atoms with Crippen LogP contribution in [0.25, 0.3) is 0 Å². The van der Waals surface area contributed by atoms with E-state index in [9.17, 15) is 18.3 Å². The normalized spacial score (nSPS) is 26.4. The lowest BCUT2D eigenvalue weighted by Gasteiger charge is -2.43. The van der Waals surface area contributed by atoms with Crippen molar-refractivity contribution in [1.29, 1.82) is 0 Å². The van der Waals surface area contributed by atoms with Gasteiger partial charge in [-0.2, -0.15) is 4.31 Å². The number of β-amino-alcohol motifs (C(OH)–C–C–N with tert-alkyl or cyclic N) is 1. The molecule has 0 saturated carbocycles. The summed E-state index contributed by atoms with van der Waals surface area (Å²) in [6.07, 6.45) is 3.14. The van der Waals surface area contributed by atoms with E-state index in [0.29, 0.717) is 30.9 Å². The molecule has 11 heteroatoms. The third-order valence-electron chi connectivity index (χ3n) is 7.95. The van der Waals surface area contributed by atoms with Crippen LogP contribution in [-0.2, 0) is 24.3 Å². The first kappa shape index (κ1) is 29.9. The molecule has 2 aromatic rings. The second-order valence-electron chi connectivity index (χ2n) is 11.1. The first-order valence-electron chi connectivity index (χ1n) is 14.6. The molecule has 3 aliphatic heterocycles. The predicted octanol–water partition coefficient (Wildman–Crippen LogP) is 2.77. The van der Waals surface area contributed by atoms with Crippen LogP contribution in [-0.4, -0.2) is 98.9 Å². The Kier molecular flexibility index (Phi) is 10.3. The van der Waals surface area contributed by atoms with Crippen molar-refractivity contribution in [2.75, 3.05) is 45.9 Å². The number of piperidine rings is 1. The number of ether oxygens (including phenoxy) is 3. The van der Waals surface area contributed by atoms with Gasteiger partial charge in [-0.1, -0.05) is 24.6 Å². The average Bonchev–Trinajstić information content (AvgIpc) is 2.97. The van der Waals surface area contributed by atoms with E-state index in [1.165, 1.54) is 35.7 Å². The summed E-state index contributed by atoms with van der Waals surface area (Å²) in [4.78, 5) is 15.1. The fraction of sp³-hybridized carbons (Fsp3) is 0.567. The lowest BCUT2D eigenvalue weighted by Crippen LogP contribution is -2.57. The quantitative estimate of drug-likeness (QED) is 0.460. The number of aliphatic hydroxyl groups excluding tert-OH is 1. The molecule has 224 valence electrons. The number of amides is 1. The molecule has 0 bridgehead atoms. The maximum absolute atomic E-state index is 13.8. The molecule has 3 aliphatic rings. The minimum Gasteiger partial charge on any atom is -0.457 e. The van der Waals surface area contributed by atoms with Crippen molar-refractivity contribution in [1.82, 2.24) is 14.5 Å². The van der Waals surface area contributed by atoms with Gasteiger partial charge in [-0.25, -0.2) is 8.42 Å². The smallest absolute Gasteiger partial charge is 0.243 e. The third kappa shape index (κ3) is 8.06. The predicted molar refractivity (Wildman–Crippen MR) is 153 cm³/mol. The Morgan fingerprint density at radius 1 is 0.976 bits per heavy atom. The van der Waals surface area contributed by atoms with Crippen LogP contribution in [0.15, 0.2) is 59.5 Å². The maximum atomic E-state index is 13.8. The van der Waals surface area contributed by atoms with Crippen molar-refractivity contribution >= 4 is 15.9 Å². The number of rotatable bonds is 9. The zero-order valence-electron chi connectivity index (χ0n) is 23.4. The molecular formula is C30H41N3O7S. The molecule has 0 unspecified atom stereocenters. The summed E-state index contributed by atoms with van der Waals surface area (Å²) in [7, 11) is -3.96. The summed E-state index contributed by atoms with van der Waals surface area (Å²) in [5.74, 6) is 1.12. The highest BCUT2D eigenvalue weighted by atomic mass is 32.2. The fourth-order valence-electron chi connectivity index (χ4n) is 5.83. The van der Waals surface area contributed by atoms with Crippen LogP contribution in [0.1, 0.15) is 38.5 Å². The van der Waals surface area contributed by atoms with E-state index in [1.807, 2.05) is 30.3 Å². The van der Waals surface area contributed by atoms with E-state index in [2.05, 4.69) is 10.2 Å². The standard InChI is InChI=1S/C30H41N3O7S/c34-23-20-33(41(36,37)27-12-9-25(10-13-27)39-24-7-3-1-4-8-24)28-14-11-26(40-29(28)22-38-21-23)19-30(35)31-15-18-32-16-5-2-6-17-32/h1,3-4,7-10,12-13,23,26,28-29,34H,2,5-6,11,14-22H2,(H,31,35)/t23-,26+,28-,29+/m1/s1. The van der Waals surface area contributed by atoms with E-state index in [-0.39, 0.29) is 43.1 Å². The third-order valence-corrected chi connectivity index (χ3v) is 9.86. The van der Waals surface area contributed by atoms with Gasteiger partial charge in [0, 0.05) is 19.6 Å². The van der Waals surface area contributed by atoms with Crippen molar-refractivity contribution in [2.24, 2.45) is 0 Å². The van der Waals surface area contributed by atoms with Crippen LogP contribution >= 0.6 is 0 Å². The molecule has 10 nitrogen and oxygen atoms in total. The largest absolute Gasteiger partial charge is 0.457 e. The van der Waals surface area contributed by atoms with Gasteiger partial charge in [0.15, 0.2) is 0 Å². The van der Waals surface area contributed by atoms with Crippen molar-refractivity contribution < 1.29 is 32.5 Å². The molecule has 2 N–H and O–H groups in total. The van der Waals surface area contributed by atoms with Crippen LogP contribution in [0.2, 0.25) is 0 Å². The van der Waals surface area contributed by atoms with E-state index >= 15 is 0 Å². The van der Waals surface area contributed by atoms with Gasteiger partial charge in [-0.3, -0.25) is 4.79 Å². The van der Waals surface area contributed by atoms with Gasteiger partial charge in [0.25, 0.3) is 0 Å². The van der Waals surface area contributed by atoms with Crippen LogP contribution in [0.4, 0.5) is 0 Å². The number of sulfonamides is 1. The highest BCUT2D eigenvalue weighted by Crippen LogP contribution is 2.32. The lowest BCUT2D eigenvalue weighted by molar-refractivity contribution is -0.146. The molecule has 1 amide bonds. The number of aliphatic hydroxyl groups is 1. The maximum Gasteiger partial charge on any atom is 0.243 e. The SMILES string of the molecule is O=C(C[C@@H]1CC[C@@H]2[C@H](COC[C@H](O)CN2S(=O)(=O)c2ccc(Oc3ccccc3)cc2)O1)NCCN1CCCCC1. The van der Waals surface area contributed by atoms with Gasteiger partial charge in [0.2, 0.25) is 15.9 Å². The number of carbonyl (C=O) groups is 1. The lowest BCUT2D eigenvalue weighted by atomic mass is 9.96. The molecule has 3 heterocycles. The van der Waals surface area contributed by atoms with Crippen molar-refractivity contribution in [2.45, 2.75) is 67.8 Å². The molecule has 0 aromatic heterocycles. The molecule has 0 spiro atoms. The van der Waals surface area contributed by atoms with E-state index in [0.717, 1.165) is 19.6 Å². The Labute approximate surface area is 242 Å². The Hall–Kier alpha value is -2.54. The summed E-state index contributed by atoms with van der Waals surface area (Å²) in [5, 5.41) is 13.5. The molecular weight excluding hydrogens is 546 g/mol. The Morgan fingerprint density at radius 2 is 1.71 bits per heavy atom. The number of nitrogens with one attached hydrogen (secondary N) is 1. The highest BCUT2D eigenvalue weighted by molar-refractivity contribution is 7.89. The van der Waals surface area contributed by atoms with Gasteiger partial charge < -0.3 is 29.5 Å². The van der Waals surface area contributed by atoms with Gasteiger partial charge in [-0.15, -0.1) is 0 Å². The Bertz CT molecular complexity index is 1220. The van der Waals surface area contributed by atoms with Crippen LogP contribution in [0.5, 0.6) is 11.5 Å². The summed E-state index contributed by atoms with van der Waals surface area (Å²) in [6, 6.07) is 15.0. The minimum absolute atomic E-state index is 0.00407. The highest BCUT2D eigenvalue weighted by Gasteiger charge is 2.43. The number of carbonyl (C=O) groups excluding carboxylic acids is 1. The number of hydrogen-bond acceptors (Lipinski definition) is 8. The zero-order valence-corrected chi connectivity index (χ0v) is 24.2. The van der Waals surface area contributed by atoms with Crippen LogP contribution < -0.4 is 10.1 Å². The van der Waals surface area contributed by atoms with Crippen molar-refractivity contribution in [3.8, 4) is 11.5 Å². The molecule has 0 radical (unpaired) electrons. The molecule has 3 saturated heterocycles. The summed E-state index contributed by atoms with van der Waals surface area (Å²) in [5.41, 5.74) is 0. The van der Waals surface area contributed by atoms with Crippen LogP contribution in [0.3, 0.4) is 0 Å². The second kappa shape index (κ2) is 14.1. The number of nitrogens with zero attached hydrogens (tertiary/aromatic N) is 2. The van der Waals surface area contributed by atoms with E-state index in [1.54, 1.807) is 12.1 Å². The minimum atomic E-state index is -3.96. The summed E-state index contributed by atoms with van der Waals surface area (Å²) < 4.78 is 46.8. The van der Waals surface area contributed by atoms with Crippen molar-refractivity contribution in [3.05, 3.63) is 54.6 Å².